The van der Waals surface area contributed by atoms with Crippen molar-refractivity contribution in [1.29, 1.82) is 0 Å². The van der Waals surface area contributed by atoms with Crippen molar-refractivity contribution < 1.29 is 33.4 Å². The Balaban J connectivity index is 1.56. The van der Waals surface area contributed by atoms with Gasteiger partial charge >= 0.3 is 12.0 Å². The van der Waals surface area contributed by atoms with Crippen LogP contribution in [0.1, 0.15) is 21.5 Å². The molecule has 0 aliphatic carbocycles. The number of carboxylic acids is 1. The Morgan fingerprint density at radius 2 is 1.77 bits per heavy atom. The first-order valence-electron chi connectivity index (χ1n) is 10.1. The number of halogens is 2. The van der Waals surface area contributed by atoms with E-state index in [0.717, 1.165) is 4.90 Å². The van der Waals surface area contributed by atoms with Crippen molar-refractivity contribution in [3.63, 3.8) is 0 Å². The van der Waals surface area contributed by atoms with Gasteiger partial charge in [0.15, 0.2) is 0 Å². The number of benzene rings is 3. The first kappa shape index (κ1) is 23.8. The number of nitrogens with zero attached hydrogens (tertiary/aromatic N) is 1. The molecular weight excluding hydrogens is 523 g/mol. The maximum Gasteiger partial charge on any atom is 0.335 e. The molecule has 0 saturated carbocycles. The molecule has 3 aromatic rings. The highest BCUT2D eigenvalue weighted by Gasteiger charge is 2.36. The summed E-state index contributed by atoms with van der Waals surface area (Å²) < 4.78 is 20.0. The number of amides is 4. The molecule has 0 unspecified atom stereocenters. The highest BCUT2D eigenvalue weighted by atomic mass is 79.9. The van der Waals surface area contributed by atoms with Gasteiger partial charge in [0.1, 0.15) is 23.7 Å². The molecule has 1 aliphatic heterocycles. The number of rotatable bonds is 6. The van der Waals surface area contributed by atoms with E-state index < -0.39 is 23.8 Å². The quantitative estimate of drug-likeness (QED) is 0.352. The van der Waals surface area contributed by atoms with E-state index in [0.29, 0.717) is 21.3 Å². The van der Waals surface area contributed by atoms with E-state index in [9.17, 15) is 23.6 Å². The van der Waals surface area contributed by atoms with Crippen molar-refractivity contribution in [3.8, 4) is 5.75 Å². The highest BCUT2D eigenvalue weighted by molar-refractivity contribution is 9.10. The van der Waals surface area contributed by atoms with Crippen LogP contribution in [0.4, 0.5) is 14.9 Å². The van der Waals surface area contributed by atoms with Crippen molar-refractivity contribution in [2.45, 2.75) is 6.61 Å². The molecule has 0 radical (unpaired) electrons. The largest absolute Gasteiger partial charge is 0.488 e. The van der Waals surface area contributed by atoms with Gasteiger partial charge in [-0.3, -0.25) is 14.9 Å². The van der Waals surface area contributed by atoms with E-state index in [4.69, 9.17) is 9.84 Å². The molecule has 0 aromatic heterocycles. The van der Waals surface area contributed by atoms with Gasteiger partial charge in [-0.1, -0.05) is 24.3 Å². The lowest BCUT2D eigenvalue weighted by atomic mass is 10.1. The first-order valence-corrected chi connectivity index (χ1v) is 10.9. The number of ether oxygens (including phenoxy) is 1. The minimum absolute atomic E-state index is 0.00431. The molecule has 3 aromatic carbocycles. The lowest BCUT2D eigenvalue weighted by molar-refractivity contribution is -0.122. The maximum atomic E-state index is 13.8. The number of carbonyl (C=O) groups is 4. The molecule has 4 rings (SSSR count). The van der Waals surface area contributed by atoms with Crippen LogP contribution < -0.4 is 15.0 Å². The van der Waals surface area contributed by atoms with Crippen molar-refractivity contribution in [2.75, 3.05) is 4.90 Å². The number of nitrogens with one attached hydrogen (secondary N) is 1. The van der Waals surface area contributed by atoms with Crippen molar-refractivity contribution in [3.05, 3.63) is 99.3 Å². The van der Waals surface area contributed by atoms with E-state index >= 15 is 0 Å². The zero-order valence-corrected chi connectivity index (χ0v) is 19.4. The number of anilines is 1. The van der Waals surface area contributed by atoms with Crippen molar-refractivity contribution in [2.24, 2.45) is 0 Å². The predicted molar refractivity (Wildman–Crippen MR) is 127 cm³/mol. The van der Waals surface area contributed by atoms with Gasteiger partial charge in [0.25, 0.3) is 11.8 Å². The van der Waals surface area contributed by atoms with Gasteiger partial charge in [-0.15, -0.1) is 0 Å². The zero-order chi connectivity index (χ0) is 25.1. The number of hydrogen-bond donors (Lipinski definition) is 2. The number of carbonyl (C=O) groups excluding carboxylic acids is 3. The molecule has 2 N–H and O–H groups in total. The summed E-state index contributed by atoms with van der Waals surface area (Å²) in [4.78, 5) is 49.5. The molecule has 0 atom stereocenters. The number of carboxylic acid groups (broad SMARTS) is 1. The molecule has 1 heterocycles. The number of barbiturate groups is 1. The molecule has 1 saturated heterocycles. The van der Waals surface area contributed by atoms with Gasteiger partial charge < -0.3 is 9.84 Å². The van der Waals surface area contributed by atoms with Crippen LogP contribution in [0.3, 0.4) is 0 Å². The summed E-state index contributed by atoms with van der Waals surface area (Å²) >= 11 is 3.36. The van der Waals surface area contributed by atoms with Gasteiger partial charge in [0.2, 0.25) is 0 Å². The summed E-state index contributed by atoms with van der Waals surface area (Å²) in [5.74, 6) is -2.85. The molecule has 0 bridgehead atoms. The average molecular weight is 539 g/mol. The summed E-state index contributed by atoms with van der Waals surface area (Å²) in [6.45, 7) is 0.00431. The van der Waals surface area contributed by atoms with Crippen LogP contribution in [-0.2, 0) is 16.2 Å². The monoisotopic (exact) mass is 538 g/mol. The second-order valence-corrected chi connectivity index (χ2v) is 8.23. The fraction of sp³-hybridized carbons (Fsp3) is 0.0400. The second-order valence-electron chi connectivity index (χ2n) is 7.38. The first-order chi connectivity index (χ1) is 16.7. The van der Waals surface area contributed by atoms with E-state index in [1.165, 1.54) is 36.4 Å². The van der Waals surface area contributed by atoms with Gasteiger partial charge in [-0.05, 0) is 70.0 Å². The van der Waals surface area contributed by atoms with Crippen LogP contribution in [0.25, 0.3) is 6.08 Å². The maximum absolute atomic E-state index is 13.8. The zero-order valence-electron chi connectivity index (χ0n) is 17.8. The minimum Gasteiger partial charge on any atom is -0.488 e. The number of imide groups is 2. The molecule has 35 heavy (non-hydrogen) atoms. The van der Waals surface area contributed by atoms with Crippen LogP contribution in [0.2, 0.25) is 0 Å². The molecule has 0 spiro atoms. The third-order valence-electron chi connectivity index (χ3n) is 5.08. The predicted octanol–water partition coefficient (Wildman–Crippen LogP) is 4.53. The topological polar surface area (TPSA) is 113 Å². The smallest absolute Gasteiger partial charge is 0.335 e. The third-order valence-corrected chi connectivity index (χ3v) is 5.70. The minimum atomic E-state index is -1.16. The molecule has 1 fully saturated rings. The van der Waals surface area contributed by atoms with Crippen LogP contribution in [0.15, 0.2) is 76.8 Å². The van der Waals surface area contributed by atoms with Crippen LogP contribution in [0.5, 0.6) is 5.75 Å². The summed E-state index contributed by atoms with van der Waals surface area (Å²) in [6, 6.07) is 15.2. The fourth-order valence-corrected chi connectivity index (χ4v) is 3.82. The number of urea groups is 1. The van der Waals surface area contributed by atoms with E-state index in [1.807, 2.05) is 0 Å². The highest BCUT2D eigenvalue weighted by Crippen LogP contribution is 2.29. The van der Waals surface area contributed by atoms with Crippen LogP contribution in [0, 0.1) is 5.82 Å². The average Bonchev–Trinajstić information content (AvgIpc) is 2.82. The molecule has 4 amide bonds. The Bertz CT molecular complexity index is 1390. The van der Waals surface area contributed by atoms with E-state index in [1.54, 1.807) is 36.4 Å². The van der Waals surface area contributed by atoms with Gasteiger partial charge in [0.05, 0.1) is 15.7 Å². The molecule has 8 nitrogen and oxygen atoms in total. The Kier molecular flexibility index (Phi) is 6.74. The Morgan fingerprint density at radius 1 is 1.06 bits per heavy atom. The second kappa shape index (κ2) is 9.90. The molecule has 176 valence electrons. The normalized spacial score (nSPS) is 14.7. The van der Waals surface area contributed by atoms with E-state index in [-0.39, 0.29) is 29.2 Å². The SMILES string of the molecule is O=C1NC(=O)N(c2ccc(C(=O)O)cc2)C(=O)/C1=C/c1ccc(OCc2ccccc2F)c(Br)c1. The number of aromatic carboxylic acids is 1. The summed E-state index contributed by atoms with van der Waals surface area (Å²) in [7, 11) is 0. The fourth-order valence-electron chi connectivity index (χ4n) is 3.31. The summed E-state index contributed by atoms with van der Waals surface area (Å²) in [5.41, 5.74) is 0.640. The Labute approximate surface area is 206 Å². The molecular formula is C25H16BrFN2O6. The van der Waals surface area contributed by atoms with E-state index in [2.05, 4.69) is 21.2 Å². The van der Waals surface area contributed by atoms with Crippen molar-refractivity contribution in [1.82, 2.24) is 5.32 Å². The van der Waals surface area contributed by atoms with Gasteiger partial charge in [-0.25, -0.2) is 18.9 Å². The third kappa shape index (κ3) is 5.12. The summed E-state index contributed by atoms with van der Waals surface area (Å²) in [6.07, 6.45) is 1.31. The van der Waals surface area contributed by atoms with Crippen molar-refractivity contribution >= 4 is 51.5 Å². The lowest BCUT2D eigenvalue weighted by Crippen LogP contribution is -2.54. The molecule has 1 aliphatic rings. The molecule has 10 heteroatoms. The van der Waals surface area contributed by atoms with Gasteiger partial charge in [-0.2, -0.15) is 0 Å². The van der Waals surface area contributed by atoms with Gasteiger partial charge in [0, 0.05) is 5.56 Å². The van der Waals surface area contributed by atoms with Crippen LogP contribution in [-0.4, -0.2) is 28.9 Å². The Morgan fingerprint density at radius 3 is 2.43 bits per heavy atom. The van der Waals surface area contributed by atoms with Crippen LogP contribution >= 0.6 is 15.9 Å². The number of hydrogen-bond acceptors (Lipinski definition) is 5. The summed E-state index contributed by atoms with van der Waals surface area (Å²) in [5, 5.41) is 11.1. The lowest BCUT2D eigenvalue weighted by Gasteiger charge is -2.26. The standard InChI is InChI=1S/C25H16BrFN2O6/c26-19-12-14(5-10-21(19)35-13-16-3-1-2-4-20(16)27)11-18-22(30)28-25(34)29(23(18)31)17-8-6-15(7-9-17)24(32)33/h1-12H,13H2,(H,32,33)(H,28,30,34)/b18-11+. The Hall–Kier alpha value is -4.31.